The zero-order valence-electron chi connectivity index (χ0n) is 6.81. The van der Waals surface area contributed by atoms with Crippen molar-refractivity contribution in [2.24, 2.45) is 0 Å². The number of ether oxygens (including phenoxy) is 1. The first kappa shape index (κ1) is 9.66. The van der Waals surface area contributed by atoms with Gasteiger partial charge in [0, 0.05) is 0 Å². The van der Waals surface area contributed by atoms with E-state index >= 15 is 0 Å². The third-order valence-corrected chi connectivity index (χ3v) is 2.04. The Morgan fingerprint density at radius 2 is 2.38 bits per heavy atom. The number of carbonyl (C=O) groups is 2. The zero-order valence-corrected chi connectivity index (χ0v) is 7.63. The van der Waals surface area contributed by atoms with Gasteiger partial charge in [-0.2, -0.15) is 4.37 Å². The summed E-state index contributed by atoms with van der Waals surface area (Å²) in [5.74, 6) is -1.81. The fraction of sp³-hybridized carbons (Fsp3) is 0.286. The highest BCUT2D eigenvalue weighted by Crippen LogP contribution is 2.14. The van der Waals surface area contributed by atoms with Crippen LogP contribution >= 0.6 is 11.5 Å². The van der Waals surface area contributed by atoms with Gasteiger partial charge in [-0.25, -0.2) is 9.59 Å². The molecule has 0 aliphatic carbocycles. The van der Waals surface area contributed by atoms with Crippen molar-refractivity contribution < 1.29 is 19.4 Å². The number of aromatic nitrogens is 1. The van der Waals surface area contributed by atoms with Gasteiger partial charge >= 0.3 is 11.9 Å². The van der Waals surface area contributed by atoms with E-state index in [9.17, 15) is 9.59 Å². The van der Waals surface area contributed by atoms with Crippen molar-refractivity contribution in [2.75, 3.05) is 6.61 Å². The standard InChI is InChI=1S/C7H7NO4S/c1-2-12-7(11)5-4(6(9)10)3-8-13-5/h3H,2H2,1H3,(H,9,10). The lowest BCUT2D eigenvalue weighted by molar-refractivity contribution is 0.0521. The predicted molar refractivity (Wildman–Crippen MR) is 45.0 cm³/mol. The minimum atomic E-state index is -1.17. The van der Waals surface area contributed by atoms with Crippen LogP contribution in [-0.2, 0) is 4.74 Å². The second-order valence-corrected chi connectivity index (χ2v) is 2.90. The number of hydrogen-bond acceptors (Lipinski definition) is 5. The molecule has 0 aliphatic heterocycles. The van der Waals surface area contributed by atoms with Gasteiger partial charge in [-0.15, -0.1) is 0 Å². The Balaban J connectivity index is 2.93. The van der Waals surface area contributed by atoms with E-state index in [1.165, 1.54) is 0 Å². The molecule has 0 atom stereocenters. The number of hydrogen-bond donors (Lipinski definition) is 1. The maximum Gasteiger partial charge on any atom is 0.350 e. The highest BCUT2D eigenvalue weighted by Gasteiger charge is 2.19. The lowest BCUT2D eigenvalue weighted by Crippen LogP contribution is -2.08. The summed E-state index contributed by atoms with van der Waals surface area (Å²) in [5, 5.41) is 8.63. The van der Waals surface area contributed by atoms with Crippen LogP contribution in [0.5, 0.6) is 0 Å². The summed E-state index contributed by atoms with van der Waals surface area (Å²) in [6.45, 7) is 1.87. The van der Waals surface area contributed by atoms with Crippen LogP contribution in [-0.4, -0.2) is 28.0 Å². The van der Waals surface area contributed by atoms with Crippen molar-refractivity contribution in [1.29, 1.82) is 0 Å². The number of aromatic carboxylic acids is 1. The molecular weight excluding hydrogens is 194 g/mol. The molecule has 0 bridgehead atoms. The Bertz CT molecular complexity index is 333. The van der Waals surface area contributed by atoms with Gasteiger partial charge in [-0.1, -0.05) is 0 Å². The summed E-state index contributed by atoms with van der Waals surface area (Å²) in [4.78, 5) is 21.7. The molecule has 0 amide bonds. The summed E-state index contributed by atoms with van der Waals surface area (Å²) in [6.07, 6.45) is 1.14. The van der Waals surface area contributed by atoms with E-state index in [-0.39, 0.29) is 17.0 Å². The van der Waals surface area contributed by atoms with E-state index in [0.717, 1.165) is 17.7 Å². The summed E-state index contributed by atoms with van der Waals surface area (Å²) in [6, 6.07) is 0. The maximum absolute atomic E-state index is 11.1. The number of nitrogens with zero attached hydrogens (tertiary/aromatic N) is 1. The Hall–Kier alpha value is -1.43. The van der Waals surface area contributed by atoms with E-state index in [4.69, 9.17) is 5.11 Å². The molecule has 1 heterocycles. The van der Waals surface area contributed by atoms with Gasteiger partial charge in [0.2, 0.25) is 0 Å². The van der Waals surface area contributed by atoms with Crippen LogP contribution in [0.2, 0.25) is 0 Å². The molecule has 1 rings (SSSR count). The Labute approximate surface area is 78.1 Å². The Kier molecular flexibility index (Phi) is 2.97. The van der Waals surface area contributed by atoms with Crippen molar-refractivity contribution in [3.8, 4) is 0 Å². The highest BCUT2D eigenvalue weighted by atomic mass is 32.1. The Morgan fingerprint density at radius 1 is 1.69 bits per heavy atom. The van der Waals surface area contributed by atoms with Gasteiger partial charge in [0.15, 0.2) is 0 Å². The van der Waals surface area contributed by atoms with Crippen molar-refractivity contribution in [2.45, 2.75) is 6.92 Å². The van der Waals surface area contributed by atoms with Crippen LogP contribution in [0.3, 0.4) is 0 Å². The van der Waals surface area contributed by atoms with Crippen molar-refractivity contribution in [1.82, 2.24) is 4.37 Å². The molecule has 5 nitrogen and oxygen atoms in total. The SMILES string of the molecule is CCOC(=O)c1sncc1C(=O)O. The molecule has 1 N–H and O–H groups in total. The molecule has 0 aliphatic rings. The molecule has 0 fully saturated rings. The monoisotopic (exact) mass is 201 g/mol. The van der Waals surface area contributed by atoms with Crippen LogP contribution in [0.25, 0.3) is 0 Å². The Morgan fingerprint density at radius 3 is 2.92 bits per heavy atom. The van der Waals surface area contributed by atoms with E-state index in [1.54, 1.807) is 6.92 Å². The van der Waals surface area contributed by atoms with Crippen LogP contribution in [0.15, 0.2) is 6.20 Å². The number of carboxylic acid groups (broad SMARTS) is 1. The third kappa shape index (κ3) is 2.03. The minimum Gasteiger partial charge on any atom is -0.478 e. The fourth-order valence-corrected chi connectivity index (χ4v) is 1.37. The van der Waals surface area contributed by atoms with Crippen LogP contribution in [0.1, 0.15) is 27.0 Å². The quantitative estimate of drug-likeness (QED) is 0.739. The van der Waals surface area contributed by atoms with Gasteiger partial charge in [-0.05, 0) is 18.5 Å². The lowest BCUT2D eigenvalue weighted by Gasteiger charge is -1.98. The molecule has 0 saturated carbocycles. The first-order valence-electron chi connectivity index (χ1n) is 3.52. The van der Waals surface area contributed by atoms with Crippen molar-refractivity contribution in [3.63, 3.8) is 0 Å². The summed E-state index contributed by atoms with van der Waals surface area (Å²) in [5.41, 5.74) is -0.108. The average molecular weight is 201 g/mol. The van der Waals surface area contributed by atoms with E-state index in [1.807, 2.05) is 0 Å². The molecule has 0 unspecified atom stereocenters. The number of esters is 1. The molecule has 1 aromatic heterocycles. The van der Waals surface area contributed by atoms with E-state index in [2.05, 4.69) is 9.11 Å². The maximum atomic E-state index is 11.1. The molecule has 0 spiro atoms. The van der Waals surface area contributed by atoms with Gasteiger partial charge in [0.05, 0.1) is 12.8 Å². The normalized spacial score (nSPS) is 9.62. The lowest BCUT2D eigenvalue weighted by atomic mass is 10.3. The summed E-state index contributed by atoms with van der Waals surface area (Å²) >= 11 is 0.821. The van der Waals surface area contributed by atoms with Gasteiger partial charge in [0.1, 0.15) is 10.4 Å². The highest BCUT2D eigenvalue weighted by molar-refractivity contribution is 7.08. The second kappa shape index (κ2) is 3.99. The molecule has 6 heteroatoms. The smallest absolute Gasteiger partial charge is 0.350 e. The zero-order chi connectivity index (χ0) is 9.84. The number of rotatable bonds is 3. The van der Waals surface area contributed by atoms with Crippen LogP contribution in [0.4, 0.5) is 0 Å². The first-order valence-corrected chi connectivity index (χ1v) is 4.29. The number of carboxylic acids is 1. The van der Waals surface area contributed by atoms with Gasteiger partial charge < -0.3 is 9.84 Å². The molecule has 0 radical (unpaired) electrons. The van der Waals surface area contributed by atoms with Gasteiger partial charge in [-0.3, -0.25) is 0 Å². The molecule has 13 heavy (non-hydrogen) atoms. The number of carbonyl (C=O) groups excluding carboxylic acids is 1. The minimum absolute atomic E-state index is 0.0364. The molecule has 0 saturated heterocycles. The topological polar surface area (TPSA) is 76.5 Å². The van der Waals surface area contributed by atoms with Gasteiger partial charge in [0.25, 0.3) is 0 Å². The van der Waals surface area contributed by atoms with E-state index < -0.39 is 11.9 Å². The predicted octanol–water partition coefficient (Wildman–Crippen LogP) is 1.02. The van der Waals surface area contributed by atoms with Crippen molar-refractivity contribution in [3.05, 3.63) is 16.6 Å². The second-order valence-electron chi connectivity index (χ2n) is 2.09. The third-order valence-electron chi connectivity index (χ3n) is 1.26. The molecule has 0 aromatic carbocycles. The van der Waals surface area contributed by atoms with Crippen LogP contribution < -0.4 is 0 Å². The molecule has 1 aromatic rings. The largest absolute Gasteiger partial charge is 0.478 e. The first-order chi connectivity index (χ1) is 6.16. The fourth-order valence-electron chi connectivity index (χ4n) is 0.736. The van der Waals surface area contributed by atoms with Crippen molar-refractivity contribution >= 4 is 23.5 Å². The summed E-state index contributed by atoms with van der Waals surface area (Å²) in [7, 11) is 0. The van der Waals surface area contributed by atoms with Crippen LogP contribution in [0, 0.1) is 0 Å². The van der Waals surface area contributed by atoms with E-state index in [0.29, 0.717) is 0 Å². The summed E-state index contributed by atoms with van der Waals surface area (Å²) < 4.78 is 8.25. The molecule has 70 valence electrons. The molecular formula is C7H7NO4S. The average Bonchev–Trinajstić information content (AvgIpc) is 2.52.